The lowest BCUT2D eigenvalue weighted by atomic mass is 10.2. The van der Waals surface area contributed by atoms with Gasteiger partial charge in [0.15, 0.2) is 0 Å². The predicted octanol–water partition coefficient (Wildman–Crippen LogP) is 2.36. The molecular formula is C15H18N2O3S. The zero-order valence-corrected chi connectivity index (χ0v) is 12.6. The summed E-state index contributed by atoms with van der Waals surface area (Å²) in [6, 6.07) is 14.3. The number of nitrogens with zero attached hydrogens (tertiary/aromatic N) is 1. The van der Waals surface area contributed by atoms with Gasteiger partial charge in [0.2, 0.25) is 0 Å². The molecule has 0 saturated carbocycles. The van der Waals surface area contributed by atoms with Crippen molar-refractivity contribution >= 4 is 15.7 Å². The maximum absolute atomic E-state index is 11.6. The summed E-state index contributed by atoms with van der Waals surface area (Å²) in [7, 11) is -3.44. The summed E-state index contributed by atoms with van der Waals surface area (Å²) >= 11 is 0. The van der Waals surface area contributed by atoms with E-state index in [-0.39, 0.29) is 5.75 Å². The number of hydrogen-bond acceptors (Lipinski definition) is 3. The van der Waals surface area contributed by atoms with Gasteiger partial charge in [0.25, 0.3) is 0 Å². The van der Waals surface area contributed by atoms with Crippen molar-refractivity contribution in [2.24, 2.45) is 0 Å². The molecular weight excluding hydrogens is 288 g/mol. The van der Waals surface area contributed by atoms with Gasteiger partial charge in [-0.25, -0.2) is 8.42 Å². The van der Waals surface area contributed by atoms with Crippen LogP contribution in [0.15, 0.2) is 48.5 Å². The van der Waals surface area contributed by atoms with Crippen molar-refractivity contribution < 1.29 is 18.9 Å². The van der Waals surface area contributed by atoms with E-state index in [0.717, 1.165) is 11.3 Å². The number of benzene rings is 2. The lowest BCUT2D eigenvalue weighted by Crippen LogP contribution is -2.52. The Morgan fingerprint density at radius 3 is 2.38 bits per heavy atom. The van der Waals surface area contributed by atoms with E-state index in [0.29, 0.717) is 18.0 Å². The number of rotatable bonds is 6. The molecule has 0 aliphatic rings. The van der Waals surface area contributed by atoms with Gasteiger partial charge in [-0.05, 0) is 30.7 Å². The summed E-state index contributed by atoms with van der Waals surface area (Å²) in [5, 5.41) is 0. The van der Waals surface area contributed by atoms with E-state index in [1.807, 2.05) is 31.2 Å². The first kappa shape index (κ1) is 15.3. The number of hydrogen-bond donors (Lipinski definition) is 1. The topological polar surface area (TPSA) is 85.1 Å². The molecule has 0 aromatic heterocycles. The molecule has 2 rings (SSSR count). The summed E-state index contributed by atoms with van der Waals surface area (Å²) in [4.78, 5) is 0. The molecule has 0 saturated heterocycles. The van der Waals surface area contributed by atoms with Gasteiger partial charge in [0.1, 0.15) is 11.5 Å². The van der Waals surface area contributed by atoms with Gasteiger partial charge >= 0.3 is 0 Å². The first-order valence-corrected chi connectivity index (χ1v) is 8.19. The monoisotopic (exact) mass is 306 g/mol. The van der Waals surface area contributed by atoms with E-state index in [2.05, 4.69) is 10.5 Å². The van der Waals surface area contributed by atoms with Crippen LogP contribution in [0.4, 0.5) is 5.69 Å². The molecule has 2 aromatic rings. The average Bonchev–Trinajstić information content (AvgIpc) is 2.43. The minimum absolute atomic E-state index is 0.0472. The molecule has 5 nitrogen and oxygen atoms in total. The van der Waals surface area contributed by atoms with Crippen LogP contribution in [-0.2, 0) is 10.0 Å². The van der Waals surface area contributed by atoms with Crippen molar-refractivity contribution in [1.82, 2.24) is 0 Å². The van der Waals surface area contributed by atoms with E-state index in [9.17, 15) is 8.42 Å². The van der Waals surface area contributed by atoms with Crippen molar-refractivity contribution in [3.63, 3.8) is 0 Å². The molecule has 0 atom stereocenters. The fraction of sp³-hybridized carbons (Fsp3) is 0.200. The maximum atomic E-state index is 11.6. The second-order valence-corrected chi connectivity index (χ2v) is 6.35. The zero-order valence-electron chi connectivity index (χ0n) is 11.8. The Balaban J connectivity index is 2.08. The first-order chi connectivity index (χ1) is 10.00. The van der Waals surface area contributed by atoms with Crippen molar-refractivity contribution in [2.45, 2.75) is 6.92 Å². The van der Waals surface area contributed by atoms with Crippen LogP contribution in [0.1, 0.15) is 5.56 Å². The highest BCUT2D eigenvalue weighted by Gasteiger charge is 2.01. The number of ether oxygens (including phenoxy) is 1. The quantitative estimate of drug-likeness (QED) is 0.889. The van der Waals surface area contributed by atoms with Gasteiger partial charge in [0.05, 0.1) is 22.3 Å². The van der Waals surface area contributed by atoms with Crippen molar-refractivity contribution in [2.75, 3.05) is 12.3 Å². The molecule has 0 aliphatic heterocycles. The van der Waals surface area contributed by atoms with Crippen LogP contribution in [0.3, 0.4) is 0 Å². The third-order valence-corrected chi connectivity index (χ3v) is 4.10. The van der Waals surface area contributed by atoms with Gasteiger partial charge in [-0.15, -0.1) is 5.69 Å². The number of quaternary nitrogens is 1. The van der Waals surface area contributed by atoms with E-state index in [1.165, 1.54) is 0 Å². The predicted molar refractivity (Wildman–Crippen MR) is 82.3 cm³/mol. The molecule has 0 bridgehead atoms. The fourth-order valence-electron chi connectivity index (χ4n) is 1.76. The summed E-state index contributed by atoms with van der Waals surface area (Å²) in [6.45, 7) is 2.27. The molecule has 3 N–H and O–H groups in total. The second-order valence-electron chi connectivity index (χ2n) is 4.59. The van der Waals surface area contributed by atoms with E-state index < -0.39 is 10.0 Å². The van der Waals surface area contributed by atoms with Gasteiger partial charge in [-0.3, -0.25) is 0 Å². The molecule has 0 amide bonds. The third-order valence-electron chi connectivity index (χ3n) is 2.80. The lowest BCUT2D eigenvalue weighted by Gasteiger charge is -2.21. The fourth-order valence-corrected chi connectivity index (χ4v) is 2.66. The Morgan fingerprint density at radius 1 is 1.10 bits per heavy atom. The van der Waals surface area contributed by atoms with Crippen LogP contribution < -0.4 is 10.5 Å². The van der Waals surface area contributed by atoms with Gasteiger partial charge in [-0.2, -0.15) is 0 Å². The van der Waals surface area contributed by atoms with Crippen LogP contribution in [0.5, 0.6) is 11.5 Å². The molecule has 0 spiro atoms. The average molecular weight is 306 g/mol. The van der Waals surface area contributed by atoms with E-state index >= 15 is 0 Å². The highest BCUT2D eigenvalue weighted by Crippen LogP contribution is 2.29. The van der Waals surface area contributed by atoms with Gasteiger partial charge in [-0.1, -0.05) is 30.3 Å². The van der Waals surface area contributed by atoms with Crippen LogP contribution in [-0.4, -0.2) is 20.7 Å². The number of aryl methyl sites for hydroxylation is 1. The van der Waals surface area contributed by atoms with Crippen LogP contribution in [0, 0.1) is 6.92 Å². The molecule has 0 heterocycles. The minimum Gasteiger partial charge on any atom is -0.577 e. The van der Waals surface area contributed by atoms with Gasteiger partial charge in [0, 0.05) is 0 Å². The Kier molecular flexibility index (Phi) is 4.82. The summed E-state index contributed by atoms with van der Waals surface area (Å²) in [5.41, 5.74) is 4.94. The first-order valence-electron chi connectivity index (χ1n) is 6.59. The summed E-state index contributed by atoms with van der Waals surface area (Å²) in [6.07, 6.45) is 0. The second kappa shape index (κ2) is 6.60. The maximum Gasteiger partial charge on any atom is 0.130 e. The van der Waals surface area contributed by atoms with Crippen LogP contribution in [0.25, 0.3) is 4.72 Å². The van der Waals surface area contributed by atoms with Crippen molar-refractivity contribution in [1.29, 1.82) is 0 Å². The highest BCUT2D eigenvalue weighted by molar-refractivity contribution is 7.94. The number of sulfonamides is 1. The normalized spacial score (nSPS) is 11.1. The van der Waals surface area contributed by atoms with Crippen LogP contribution >= 0.6 is 0 Å². The molecule has 0 aliphatic carbocycles. The van der Waals surface area contributed by atoms with E-state index in [1.54, 1.807) is 24.3 Å². The summed E-state index contributed by atoms with van der Waals surface area (Å²) in [5.74, 6) is 1.36. The largest absolute Gasteiger partial charge is 0.577 e. The SMILES string of the molecule is Cc1ccccc1Oc1ccc([N-]S(=O)(=O)CC[NH3+])cc1. The Hall–Kier alpha value is -2.05. The van der Waals surface area contributed by atoms with Crippen LogP contribution in [0.2, 0.25) is 0 Å². The standard InChI is InChI=1S/C15H17N2O3S/c1-12-4-2-3-5-15(12)20-14-8-6-13(7-9-14)17-21(18,19)11-10-16/h2-9H,10-11,16H2,1H3/q-1/p+1. The summed E-state index contributed by atoms with van der Waals surface area (Å²) < 4.78 is 32.6. The molecule has 0 unspecified atom stereocenters. The Morgan fingerprint density at radius 2 is 1.76 bits per heavy atom. The Labute approximate surface area is 124 Å². The number of para-hydroxylation sites is 1. The molecule has 0 radical (unpaired) electrons. The highest BCUT2D eigenvalue weighted by atomic mass is 32.2. The van der Waals surface area contributed by atoms with E-state index in [4.69, 9.17) is 4.74 Å². The zero-order chi connectivity index (χ0) is 15.3. The van der Waals surface area contributed by atoms with Gasteiger partial charge < -0.3 is 15.2 Å². The third kappa shape index (κ3) is 4.47. The smallest absolute Gasteiger partial charge is 0.130 e. The minimum atomic E-state index is -3.44. The van der Waals surface area contributed by atoms with Crippen molar-refractivity contribution in [3.05, 3.63) is 58.8 Å². The molecule has 21 heavy (non-hydrogen) atoms. The Bertz CT molecular complexity index is 697. The molecule has 6 heteroatoms. The molecule has 0 fully saturated rings. The van der Waals surface area contributed by atoms with Crippen molar-refractivity contribution in [3.8, 4) is 11.5 Å². The lowest BCUT2D eigenvalue weighted by molar-refractivity contribution is -0.360. The molecule has 2 aromatic carbocycles. The molecule has 112 valence electrons.